The van der Waals surface area contributed by atoms with Crippen molar-refractivity contribution in [3.05, 3.63) is 23.8 Å². The maximum Gasteiger partial charge on any atom is 0.255 e. The fraction of sp³-hybridized carbons (Fsp3) is 0.562. The van der Waals surface area contributed by atoms with E-state index < -0.39 is 0 Å². The zero-order valence-electron chi connectivity index (χ0n) is 12.4. The molecule has 110 valence electrons. The molecule has 4 heteroatoms. The third kappa shape index (κ3) is 3.48. The fourth-order valence-electron chi connectivity index (χ4n) is 2.76. The van der Waals surface area contributed by atoms with Crippen LogP contribution in [0.3, 0.4) is 0 Å². The van der Waals surface area contributed by atoms with Gasteiger partial charge in [-0.25, -0.2) is 0 Å². The van der Waals surface area contributed by atoms with Gasteiger partial charge in [-0.1, -0.05) is 19.8 Å². The highest BCUT2D eigenvalue weighted by Gasteiger charge is 2.24. The van der Waals surface area contributed by atoms with Gasteiger partial charge in [-0.2, -0.15) is 0 Å². The molecule has 1 aliphatic carbocycles. The van der Waals surface area contributed by atoms with Crippen LogP contribution in [0.15, 0.2) is 23.1 Å². The molecule has 1 amide bonds. The highest BCUT2D eigenvalue weighted by atomic mass is 32.2. The predicted molar refractivity (Wildman–Crippen MR) is 83.7 cm³/mol. The topological polar surface area (TPSA) is 38.3 Å². The van der Waals surface area contributed by atoms with Crippen LogP contribution in [0.4, 0.5) is 0 Å². The third-order valence-corrected chi connectivity index (χ3v) is 4.81. The molecule has 0 radical (unpaired) electrons. The van der Waals surface area contributed by atoms with Gasteiger partial charge < -0.3 is 10.1 Å². The summed E-state index contributed by atoms with van der Waals surface area (Å²) in [7, 11) is 1.61. The quantitative estimate of drug-likeness (QED) is 0.860. The molecule has 1 aromatic carbocycles. The predicted octanol–water partition coefficient (Wildman–Crippen LogP) is 3.73. The largest absolute Gasteiger partial charge is 0.496 e. The lowest BCUT2D eigenvalue weighted by atomic mass is 9.86. The summed E-state index contributed by atoms with van der Waals surface area (Å²) in [5.41, 5.74) is 0.628. The van der Waals surface area contributed by atoms with E-state index in [4.69, 9.17) is 4.74 Å². The summed E-state index contributed by atoms with van der Waals surface area (Å²) in [6.45, 7) is 2.22. The smallest absolute Gasteiger partial charge is 0.255 e. The van der Waals surface area contributed by atoms with Crippen LogP contribution < -0.4 is 10.1 Å². The molecule has 1 N–H and O–H groups in total. The lowest BCUT2D eigenvalue weighted by Gasteiger charge is -2.29. The number of carbonyl (C=O) groups excluding carboxylic acids is 1. The number of thioether (sulfide) groups is 1. The van der Waals surface area contributed by atoms with E-state index in [0.717, 1.165) is 11.3 Å². The minimum atomic E-state index is -0.0201. The molecule has 0 aliphatic heterocycles. The van der Waals surface area contributed by atoms with Gasteiger partial charge in [0.2, 0.25) is 0 Å². The molecule has 1 aromatic rings. The SMILES string of the molecule is COc1cc(SC)ccc1C(=O)NC1CCCCC1C. The van der Waals surface area contributed by atoms with Gasteiger partial charge in [0.25, 0.3) is 5.91 Å². The summed E-state index contributed by atoms with van der Waals surface area (Å²) < 4.78 is 5.35. The number of hydrogen-bond acceptors (Lipinski definition) is 3. The van der Waals surface area contributed by atoms with Crippen LogP contribution in [0.2, 0.25) is 0 Å². The van der Waals surface area contributed by atoms with Crippen molar-refractivity contribution in [2.45, 2.75) is 43.5 Å². The fourth-order valence-corrected chi connectivity index (χ4v) is 3.19. The average Bonchev–Trinajstić information content (AvgIpc) is 2.48. The zero-order chi connectivity index (χ0) is 14.5. The standard InChI is InChI=1S/C16H23NO2S/c1-11-6-4-5-7-14(11)17-16(18)13-9-8-12(20-3)10-15(13)19-2/h8-11,14H,4-7H2,1-3H3,(H,17,18). The second-order valence-corrected chi connectivity index (χ2v) is 6.29. The summed E-state index contributed by atoms with van der Waals surface area (Å²) in [4.78, 5) is 13.5. The van der Waals surface area contributed by atoms with Gasteiger partial charge in [-0.05, 0) is 43.2 Å². The molecule has 3 nitrogen and oxygen atoms in total. The summed E-state index contributed by atoms with van der Waals surface area (Å²) >= 11 is 1.64. The molecule has 0 saturated heterocycles. The average molecular weight is 293 g/mol. The lowest BCUT2D eigenvalue weighted by Crippen LogP contribution is -2.41. The number of benzene rings is 1. The van der Waals surface area contributed by atoms with Crippen LogP contribution in [0, 0.1) is 5.92 Å². The van der Waals surface area contributed by atoms with E-state index in [1.807, 2.05) is 24.5 Å². The third-order valence-electron chi connectivity index (χ3n) is 4.08. The first-order valence-electron chi connectivity index (χ1n) is 7.18. The van der Waals surface area contributed by atoms with Crippen LogP contribution >= 0.6 is 11.8 Å². The number of amides is 1. The monoisotopic (exact) mass is 293 g/mol. The van der Waals surface area contributed by atoms with E-state index in [1.54, 1.807) is 18.9 Å². The van der Waals surface area contributed by atoms with E-state index in [-0.39, 0.29) is 5.91 Å². The summed E-state index contributed by atoms with van der Waals surface area (Å²) in [6.07, 6.45) is 6.78. The Morgan fingerprint density at radius 3 is 2.75 bits per heavy atom. The summed E-state index contributed by atoms with van der Waals surface area (Å²) in [5, 5.41) is 3.17. The number of carbonyl (C=O) groups is 1. The van der Waals surface area contributed by atoms with Crippen LogP contribution in [0.25, 0.3) is 0 Å². The number of hydrogen-bond donors (Lipinski definition) is 1. The Labute approximate surface area is 125 Å². The Balaban J connectivity index is 2.12. The molecule has 2 rings (SSSR count). The molecule has 1 saturated carbocycles. The van der Waals surface area contributed by atoms with Gasteiger partial charge in [-0.3, -0.25) is 4.79 Å². The van der Waals surface area contributed by atoms with Crippen molar-refractivity contribution in [1.82, 2.24) is 5.32 Å². The molecule has 1 aliphatic rings. The van der Waals surface area contributed by atoms with E-state index >= 15 is 0 Å². The first-order valence-corrected chi connectivity index (χ1v) is 8.41. The van der Waals surface area contributed by atoms with Gasteiger partial charge in [0.05, 0.1) is 12.7 Å². The van der Waals surface area contributed by atoms with E-state index in [9.17, 15) is 4.79 Å². The van der Waals surface area contributed by atoms with Gasteiger partial charge in [0.15, 0.2) is 0 Å². The zero-order valence-corrected chi connectivity index (χ0v) is 13.3. The van der Waals surface area contributed by atoms with Crippen molar-refractivity contribution < 1.29 is 9.53 Å². The van der Waals surface area contributed by atoms with Crippen molar-refractivity contribution in [3.63, 3.8) is 0 Å². The minimum Gasteiger partial charge on any atom is -0.496 e. The second-order valence-electron chi connectivity index (χ2n) is 5.41. The van der Waals surface area contributed by atoms with Crippen molar-refractivity contribution in [2.24, 2.45) is 5.92 Å². The molecular weight excluding hydrogens is 270 g/mol. The number of nitrogens with one attached hydrogen (secondary N) is 1. The van der Waals surface area contributed by atoms with Crippen molar-refractivity contribution >= 4 is 17.7 Å². The Morgan fingerprint density at radius 2 is 2.10 bits per heavy atom. The maximum atomic E-state index is 12.4. The normalized spacial score (nSPS) is 22.4. The van der Waals surface area contributed by atoms with Gasteiger partial charge in [0.1, 0.15) is 5.75 Å². The molecule has 1 fully saturated rings. The number of methoxy groups -OCH3 is 1. The Morgan fingerprint density at radius 1 is 1.35 bits per heavy atom. The lowest BCUT2D eigenvalue weighted by molar-refractivity contribution is 0.0907. The van der Waals surface area contributed by atoms with Crippen molar-refractivity contribution in [2.75, 3.05) is 13.4 Å². The van der Waals surface area contributed by atoms with Crippen LogP contribution in [-0.2, 0) is 0 Å². The summed E-state index contributed by atoms with van der Waals surface area (Å²) in [6, 6.07) is 6.03. The van der Waals surface area contributed by atoms with Crippen LogP contribution in [-0.4, -0.2) is 25.3 Å². The Bertz CT molecular complexity index is 476. The molecular formula is C16H23NO2S. The highest BCUT2D eigenvalue weighted by molar-refractivity contribution is 7.98. The van der Waals surface area contributed by atoms with Crippen molar-refractivity contribution in [1.29, 1.82) is 0 Å². The van der Waals surface area contributed by atoms with Crippen molar-refractivity contribution in [3.8, 4) is 5.75 Å². The van der Waals surface area contributed by atoms with Gasteiger partial charge in [-0.15, -0.1) is 11.8 Å². The van der Waals surface area contributed by atoms with E-state index in [1.165, 1.54) is 19.3 Å². The Hall–Kier alpha value is -1.16. The first kappa shape index (κ1) is 15.2. The molecule has 2 atom stereocenters. The Kier molecular flexibility index (Phi) is 5.35. The number of rotatable bonds is 4. The maximum absolute atomic E-state index is 12.4. The highest BCUT2D eigenvalue weighted by Crippen LogP contribution is 2.27. The second kappa shape index (κ2) is 7.02. The number of ether oxygens (including phenoxy) is 1. The van der Waals surface area contributed by atoms with Crippen LogP contribution in [0.1, 0.15) is 43.0 Å². The van der Waals surface area contributed by atoms with Crippen LogP contribution in [0.5, 0.6) is 5.75 Å². The molecule has 0 bridgehead atoms. The minimum absolute atomic E-state index is 0.0201. The molecule has 2 unspecified atom stereocenters. The molecule has 0 aromatic heterocycles. The van der Waals surface area contributed by atoms with Gasteiger partial charge in [0, 0.05) is 10.9 Å². The van der Waals surface area contributed by atoms with Gasteiger partial charge >= 0.3 is 0 Å². The summed E-state index contributed by atoms with van der Waals surface area (Å²) in [5.74, 6) is 1.19. The molecule has 0 spiro atoms. The van der Waals surface area contributed by atoms with E-state index in [2.05, 4.69) is 12.2 Å². The molecule has 0 heterocycles. The first-order chi connectivity index (χ1) is 9.65. The molecule has 20 heavy (non-hydrogen) atoms. The van der Waals surface area contributed by atoms with E-state index in [0.29, 0.717) is 23.3 Å².